The molecule has 0 amide bonds. The van der Waals surface area contributed by atoms with Crippen LogP contribution in [0.15, 0.2) is 18.2 Å². The lowest BCUT2D eigenvalue weighted by molar-refractivity contribution is 0.0494. The monoisotopic (exact) mass is 279 g/mol. The first kappa shape index (κ1) is 16.3. The summed E-state index contributed by atoms with van der Waals surface area (Å²) in [6.45, 7) is 2.64. The van der Waals surface area contributed by atoms with Crippen LogP contribution in [0.3, 0.4) is 0 Å². The van der Waals surface area contributed by atoms with Crippen LogP contribution in [-0.2, 0) is 4.74 Å². The van der Waals surface area contributed by atoms with Gasteiger partial charge in [-0.15, -0.1) is 0 Å². The second-order valence-corrected chi connectivity index (χ2v) is 4.86. The Kier molecular flexibility index (Phi) is 7.55. The summed E-state index contributed by atoms with van der Waals surface area (Å²) in [5, 5.41) is 0. The average Bonchev–Trinajstić information content (AvgIpc) is 2.46. The molecule has 0 saturated heterocycles. The van der Waals surface area contributed by atoms with Gasteiger partial charge in [0.1, 0.15) is 11.3 Å². The molecule has 4 heteroatoms. The third-order valence-corrected chi connectivity index (χ3v) is 3.17. The quantitative estimate of drug-likeness (QED) is 0.424. The molecule has 0 unspecified atom stereocenters. The van der Waals surface area contributed by atoms with Gasteiger partial charge in [0.25, 0.3) is 0 Å². The third-order valence-electron chi connectivity index (χ3n) is 3.17. The Bertz CT molecular complexity index is 418. The first-order chi connectivity index (χ1) is 9.69. The fraction of sp³-hybridized carbons (Fsp3) is 0.562. The standard InChI is InChI=1S/C16H25NO3/c1-3-4-5-6-7-8-11-20-16(18)14-12-13(17)9-10-15(14)19-2/h9-10,12H,3-8,11,17H2,1-2H3. The van der Waals surface area contributed by atoms with Crippen LogP contribution in [0.4, 0.5) is 5.69 Å². The Balaban J connectivity index is 2.34. The van der Waals surface area contributed by atoms with Crippen molar-refractivity contribution in [3.05, 3.63) is 23.8 Å². The zero-order valence-corrected chi connectivity index (χ0v) is 12.5. The van der Waals surface area contributed by atoms with Gasteiger partial charge in [0.15, 0.2) is 0 Å². The first-order valence-electron chi connectivity index (χ1n) is 7.29. The first-order valence-corrected chi connectivity index (χ1v) is 7.29. The van der Waals surface area contributed by atoms with Gasteiger partial charge in [-0.05, 0) is 24.6 Å². The molecule has 0 bridgehead atoms. The molecule has 0 spiro atoms. The average molecular weight is 279 g/mol. The topological polar surface area (TPSA) is 61.5 Å². The molecule has 20 heavy (non-hydrogen) atoms. The highest BCUT2D eigenvalue weighted by Crippen LogP contribution is 2.22. The maximum atomic E-state index is 12.0. The summed E-state index contributed by atoms with van der Waals surface area (Å²) < 4.78 is 10.4. The van der Waals surface area contributed by atoms with Gasteiger partial charge in [-0.1, -0.05) is 39.0 Å². The summed E-state index contributed by atoms with van der Waals surface area (Å²) in [4.78, 5) is 12.0. The van der Waals surface area contributed by atoms with E-state index in [2.05, 4.69) is 6.92 Å². The van der Waals surface area contributed by atoms with Crippen molar-refractivity contribution < 1.29 is 14.3 Å². The number of carbonyl (C=O) groups excluding carboxylic acids is 1. The van der Waals surface area contributed by atoms with Crippen LogP contribution in [-0.4, -0.2) is 19.7 Å². The van der Waals surface area contributed by atoms with E-state index in [9.17, 15) is 4.79 Å². The number of rotatable bonds is 9. The predicted octanol–water partition coefficient (Wildman–Crippen LogP) is 3.79. The zero-order chi connectivity index (χ0) is 14.8. The minimum atomic E-state index is -0.372. The summed E-state index contributed by atoms with van der Waals surface area (Å²) in [5.74, 6) is 0.120. The number of benzene rings is 1. The van der Waals surface area contributed by atoms with E-state index in [4.69, 9.17) is 15.2 Å². The number of nitrogens with two attached hydrogens (primary N) is 1. The van der Waals surface area contributed by atoms with Crippen LogP contribution in [0.25, 0.3) is 0 Å². The number of carbonyl (C=O) groups is 1. The maximum Gasteiger partial charge on any atom is 0.341 e. The molecule has 0 heterocycles. The molecule has 0 atom stereocenters. The van der Waals surface area contributed by atoms with E-state index < -0.39 is 0 Å². The van der Waals surface area contributed by atoms with Gasteiger partial charge in [0, 0.05) is 5.69 Å². The van der Waals surface area contributed by atoms with E-state index in [1.807, 2.05) is 0 Å². The van der Waals surface area contributed by atoms with Crippen molar-refractivity contribution in [3.63, 3.8) is 0 Å². The van der Waals surface area contributed by atoms with Crippen LogP contribution >= 0.6 is 0 Å². The highest BCUT2D eigenvalue weighted by atomic mass is 16.5. The van der Waals surface area contributed by atoms with E-state index >= 15 is 0 Å². The number of nitrogen functional groups attached to an aromatic ring is 1. The predicted molar refractivity (Wildman–Crippen MR) is 81.1 cm³/mol. The number of ether oxygens (including phenoxy) is 2. The molecule has 4 nitrogen and oxygen atoms in total. The van der Waals surface area contributed by atoms with Gasteiger partial charge >= 0.3 is 5.97 Å². The lowest BCUT2D eigenvalue weighted by Gasteiger charge is -2.09. The van der Waals surface area contributed by atoms with Gasteiger partial charge in [-0.3, -0.25) is 0 Å². The van der Waals surface area contributed by atoms with Crippen molar-refractivity contribution in [2.75, 3.05) is 19.5 Å². The minimum Gasteiger partial charge on any atom is -0.496 e. The lowest BCUT2D eigenvalue weighted by atomic mass is 10.1. The number of esters is 1. The second kappa shape index (κ2) is 9.23. The Morgan fingerprint density at radius 3 is 2.55 bits per heavy atom. The summed E-state index contributed by atoms with van der Waals surface area (Å²) in [6.07, 6.45) is 6.98. The van der Waals surface area contributed by atoms with Crippen molar-refractivity contribution in [2.45, 2.75) is 45.4 Å². The number of methoxy groups -OCH3 is 1. The van der Waals surface area contributed by atoms with Crippen LogP contribution in [0.1, 0.15) is 55.8 Å². The molecular formula is C16H25NO3. The fourth-order valence-electron chi connectivity index (χ4n) is 2.01. The molecule has 2 N–H and O–H groups in total. The molecule has 1 rings (SSSR count). The van der Waals surface area contributed by atoms with E-state index in [1.54, 1.807) is 18.2 Å². The van der Waals surface area contributed by atoms with Crippen molar-refractivity contribution >= 4 is 11.7 Å². The van der Waals surface area contributed by atoms with Crippen molar-refractivity contribution in [1.29, 1.82) is 0 Å². The van der Waals surface area contributed by atoms with Crippen LogP contribution in [0.5, 0.6) is 5.75 Å². The number of unbranched alkanes of at least 4 members (excludes halogenated alkanes) is 5. The third kappa shape index (κ3) is 5.51. The van der Waals surface area contributed by atoms with Crippen molar-refractivity contribution in [1.82, 2.24) is 0 Å². The summed E-state index contributed by atoms with van der Waals surface area (Å²) in [6, 6.07) is 4.96. The van der Waals surface area contributed by atoms with E-state index in [0.717, 1.165) is 12.8 Å². The Morgan fingerprint density at radius 2 is 1.85 bits per heavy atom. The maximum absolute atomic E-state index is 12.0. The summed E-state index contributed by atoms with van der Waals surface area (Å²) in [7, 11) is 1.52. The second-order valence-electron chi connectivity index (χ2n) is 4.86. The molecule has 0 saturated carbocycles. The largest absolute Gasteiger partial charge is 0.496 e. The molecular weight excluding hydrogens is 254 g/mol. The van der Waals surface area contributed by atoms with E-state index in [-0.39, 0.29) is 5.97 Å². The SMILES string of the molecule is CCCCCCCCOC(=O)c1cc(N)ccc1OC. The van der Waals surface area contributed by atoms with Gasteiger partial charge < -0.3 is 15.2 Å². The Hall–Kier alpha value is -1.71. The molecule has 112 valence electrons. The normalized spacial score (nSPS) is 10.3. The molecule has 0 aliphatic carbocycles. The molecule has 0 radical (unpaired) electrons. The van der Waals surface area contributed by atoms with Crippen LogP contribution < -0.4 is 10.5 Å². The molecule has 1 aromatic rings. The fourth-order valence-corrected chi connectivity index (χ4v) is 2.01. The van der Waals surface area contributed by atoms with Crippen molar-refractivity contribution in [3.8, 4) is 5.75 Å². The van der Waals surface area contributed by atoms with Gasteiger partial charge in [0.05, 0.1) is 13.7 Å². The molecule has 0 aromatic heterocycles. The highest BCUT2D eigenvalue weighted by Gasteiger charge is 2.13. The van der Waals surface area contributed by atoms with Gasteiger partial charge in [-0.25, -0.2) is 4.79 Å². The number of anilines is 1. The Labute approximate surface area is 121 Å². The minimum absolute atomic E-state index is 0.372. The molecule has 0 aliphatic heterocycles. The Morgan fingerprint density at radius 1 is 1.15 bits per heavy atom. The highest BCUT2D eigenvalue weighted by molar-refractivity contribution is 5.93. The lowest BCUT2D eigenvalue weighted by Crippen LogP contribution is -2.09. The van der Waals surface area contributed by atoms with Crippen LogP contribution in [0, 0.1) is 0 Å². The number of hydrogen-bond acceptors (Lipinski definition) is 4. The van der Waals surface area contributed by atoms with E-state index in [0.29, 0.717) is 23.6 Å². The van der Waals surface area contributed by atoms with Crippen LogP contribution in [0.2, 0.25) is 0 Å². The summed E-state index contributed by atoms with van der Waals surface area (Å²) in [5.41, 5.74) is 6.59. The van der Waals surface area contributed by atoms with Gasteiger partial charge in [0.2, 0.25) is 0 Å². The number of hydrogen-bond donors (Lipinski definition) is 1. The molecule has 1 aromatic carbocycles. The van der Waals surface area contributed by atoms with Gasteiger partial charge in [-0.2, -0.15) is 0 Å². The molecule has 0 aliphatic rings. The van der Waals surface area contributed by atoms with E-state index in [1.165, 1.54) is 32.8 Å². The van der Waals surface area contributed by atoms with Crippen molar-refractivity contribution in [2.24, 2.45) is 0 Å². The summed E-state index contributed by atoms with van der Waals surface area (Å²) >= 11 is 0. The molecule has 0 fully saturated rings. The smallest absolute Gasteiger partial charge is 0.341 e. The zero-order valence-electron chi connectivity index (χ0n) is 12.5.